The summed E-state index contributed by atoms with van der Waals surface area (Å²) < 4.78 is 2.08. The van der Waals surface area contributed by atoms with Crippen molar-refractivity contribution in [2.45, 2.75) is 0 Å². The van der Waals surface area contributed by atoms with Gasteiger partial charge in [-0.3, -0.25) is 15.1 Å². The van der Waals surface area contributed by atoms with E-state index in [4.69, 9.17) is 0 Å². The molecule has 4 nitrogen and oxygen atoms in total. The van der Waals surface area contributed by atoms with Crippen molar-refractivity contribution >= 4 is 21.8 Å². The molecule has 1 aromatic heterocycles. The maximum atomic E-state index is 12.0. The van der Waals surface area contributed by atoms with Crippen LogP contribution in [0.1, 0.15) is 10.4 Å². The lowest BCUT2D eigenvalue weighted by atomic mass is 10.2. The first-order valence-corrected chi connectivity index (χ1v) is 5.73. The normalized spacial score (nSPS) is 10.2. The van der Waals surface area contributed by atoms with Gasteiger partial charge in [0.05, 0.1) is 0 Å². The topological polar surface area (TPSA) is 66.7 Å². The zero-order valence-electron chi connectivity index (χ0n) is 8.89. The number of amides is 1. The lowest BCUT2D eigenvalue weighted by Crippen LogP contribution is -2.58. The highest BCUT2D eigenvalue weighted by molar-refractivity contribution is 9.10. The third kappa shape index (κ3) is 2.35. The van der Waals surface area contributed by atoms with Gasteiger partial charge < -0.3 is 0 Å². The second-order valence-electron chi connectivity index (χ2n) is 3.51. The smallest absolute Gasteiger partial charge is 0.290 e. The summed E-state index contributed by atoms with van der Waals surface area (Å²) in [6.45, 7) is 0. The molecular formula is C12H10BrN2O2+. The fourth-order valence-corrected chi connectivity index (χ4v) is 1.96. The number of pyridine rings is 1. The minimum atomic E-state index is -0.485. The third-order valence-corrected chi connectivity index (χ3v) is 2.75. The predicted molar refractivity (Wildman–Crippen MR) is 67.0 cm³/mol. The second-order valence-corrected chi connectivity index (χ2v) is 4.42. The molecule has 1 heterocycles. The summed E-state index contributed by atoms with van der Waals surface area (Å²) in [6, 6.07) is 10.6. The van der Waals surface area contributed by atoms with Gasteiger partial charge in [-0.25, -0.2) is 4.79 Å². The molecule has 0 unspecified atom stereocenters. The Morgan fingerprint density at radius 1 is 1.24 bits per heavy atom. The SMILES string of the molecule is [NH3+]C(=O)c1cc(Br)cn(-c2ccccc2)c1=O. The van der Waals surface area contributed by atoms with Crippen LogP contribution in [0.4, 0.5) is 0 Å². The minimum absolute atomic E-state index is 0.0724. The van der Waals surface area contributed by atoms with E-state index in [0.29, 0.717) is 10.2 Å². The minimum Gasteiger partial charge on any atom is -0.290 e. The van der Waals surface area contributed by atoms with E-state index in [9.17, 15) is 9.59 Å². The fraction of sp³-hybridized carbons (Fsp3) is 0. The Bertz CT molecular complexity index is 620. The van der Waals surface area contributed by atoms with Crippen LogP contribution in [-0.2, 0) is 0 Å². The molecule has 0 spiro atoms. The van der Waals surface area contributed by atoms with Crippen molar-refractivity contribution in [1.82, 2.24) is 4.57 Å². The van der Waals surface area contributed by atoms with Gasteiger partial charge in [-0.2, -0.15) is 0 Å². The molecule has 0 aliphatic heterocycles. The van der Waals surface area contributed by atoms with E-state index in [0.717, 1.165) is 0 Å². The Morgan fingerprint density at radius 2 is 1.88 bits per heavy atom. The van der Waals surface area contributed by atoms with E-state index in [-0.39, 0.29) is 11.1 Å². The number of para-hydroxylation sites is 1. The zero-order valence-corrected chi connectivity index (χ0v) is 10.5. The van der Waals surface area contributed by atoms with Crippen molar-refractivity contribution in [2.75, 3.05) is 0 Å². The molecule has 0 saturated carbocycles. The summed E-state index contributed by atoms with van der Waals surface area (Å²) in [7, 11) is 0. The molecule has 0 aliphatic carbocycles. The molecule has 1 amide bonds. The van der Waals surface area contributed by atoms with Crippen LogP contribution < -0.4 is 11.3 Å². The van der Waals surface area contributed by atoms with Gasteiger partial charge in [-0.1, -0.05) is 18.2 Å². The molecule has 0 aliphatic rings. The van der Waals surface area contributed by atoms with Gasteiger partial charge in [0.15, 0.2) is 0 Å². The second kappa shape index (κ2) is 4.65. The van der Waals surface area contributed by atoms with Crippen molar-refractivity contribution < 1.29 is 10.5 Å². The van der Waals surface area contributed by atoms with Gasteiger partial charge in [0.2, 0.25) is 0 Å². The number of benzene rings is 1. The molecular weight excluding hydrogens is 284 g/mol. The van der Waals surface area contributed by atoms with Crippen LogP contribution in [0.5, 0.6) is 0 Å². The number of hydrogen-bond acceptors (Lipinski definition) is 2. The van der Waals surface area contributed by atoms with Gasteiger partial charge in [0.1, 0.15) is 5.56 Å². The van der Waals surface area contributed by atoms with Crippen LogP contribution in [0.3, 0.4) is 0 Å². The number of quaternary nitrogens is 1. The molecule has 2 rings (SSSR count). The molecule has 17 heavy (non-hydrogen) atoms. The molecule has 2 aromatic rings. The molecule has 1 aromatic carbocycles. The average Bonchev–Trinajstić information content (AvgIpc) is 2.32. The third-order valence-electron chi connectivity index (χ3n) is 2.32. The van der Waals surface area contributed by atoms with Gasteiger partial charge in [-0.15, -0.1) is 0 Å². The first kappa shape index (κ1) is 11.8. The predicted octanol–water partition coefficient (Wildman–Crippen LogP) is 0.982. The van der Waals surface area contributed by atoms with E-state index >= 15 is 0 Å². The molecule has 0 saturated heterocycles. The highest BCUT2D eigenvalue weighted by atomic mass is 79.9. The van der Waals surface area contributed by atoms with E-state index in [2.05, 4.69) is 21.7 Å². The Balaban J connectivity index is 2.72. The van der Waals surface area contributed by atoms with E-state index in [1.54, 1.807) is 18.3 Å². The Kier molecular flexibility index (Phi) is 3.21. The number of hydrogen-bond donors (Lipinski definition) is 1. The number of aromatic nitrogens is 1. The van der Waals surface area contributed by atoms with Gasteiger partial charge in [-0.05, 0) is 34.1 Å². The summed E-state index contributed by atoms with van der Waals surface area (Å²) in [5, 5.41) is 0. The van der Waals surface area contributed by atoms with Gasteiger partial charge in [0.25, 0.3) is 5.56 Å². The number of rotatable bonds is 2. The first-order valence-electron chi connectivity index (χ1n) is 4.93. The van der Waals surface area contributed by atoms with E-state index in [1.165, 1.54) is 10.6 Å². The number of nitrogens with zero attached hydrogens (tertiary/aromatic N) is 1. The number of carbonyl (C=O) groups is 1. The first-order chi connectivity index (χ1) is 8.09. The zero-order chi connectivity index (χ0) is 12.4. The van der Waals surface area contributed by atoms with Crippen molar-refractivity contribution in [2.24, 2.45) is 0 Å². The summed E-state index contributed by atoms with van der Waals surface area (Å²) in [4.78, 5) is 23.3. The van der Waals surface area contributed by atoms with E-state index < -0.39 is 5.91 Å². The maximum absolute atomic E-state index is 12.0. The average molecular weight is 294 g/mol. The van der Waals surface area contributed by atoms with Gasteiger partial charge >= 0.3 is 5.91 Å². The summed E-state index contributed by atoms with van der Waals surface area (Å²) >= 11 is 3.27. The maximum Gasteiger partial charge on any atom is 0.346 e. The van der Waals surface area contributed by atoms with Crippen molar-refractivity contribution in [3.05, 3.63) is 63.0 Å². The van der Waals surface area contributed by atoms with Crippen molar-refractivity contribution in [3.8, 4) is 5.69 Å². The molecule has 86 valence electrons. The van der Waals surface area contributed by atoms with Crippen LogP contribution in [0.2, 0.25) is 0 Å². The van der Waals surface area contributed by atoms with Crippen LogP contribution in [0.25, 0.3) is 5.69 Å². The summed E-state index contributed by atoms with van der Waals surface area (Å²) in [6.07, 6.45) is 1.63. The largest absolute Gasteiger partial charge is 0.346 e. The molecule has 0 bridgehead atoms. The lowest BCUT2D eigenvalue weighted by molar-refractivity contribution is -0.255. The van der Waals surface area contributed by atoms with Gasteiger partial charge in [0, 0.05) is 16.4 Å². The van der Waals surface area contributed by atoms with Crippen LogP contribution in [0, 0.1) is 0 Å². The van der Waals surface area contributed by atoms with Crippen molar-refractivity contribution in [3.63, 3.8) is 0 Å². The van der Waals surface area contributed by atoms with Crippen molar-refractivity contribution in [1.29, 1.82) is 0 Å². The fourth-order valence-electron chi connectivity index (χ4n) is 1.53. The molecule has 0 radical (unpaired) electrons. The Labute approximate surface area is 106 Å². The van der Waals surface area contributed by atoms with Crippen LogP contribution in [0.15, 0.2) is 51.9 Å². The lowest BCUT2D eigenvalue weighted by Gasteiger charge is -2.06. The molecule has 0 atom stereocenters. The highest BCUT2D eigenvalue weighted by Crippen LogP contribution is 2.12. The summed E-state index contributed by atoms with van der Waals surface area (Å²) in [5.41, 5.74) is 3.69. The molecule has 3 N–H and O–H groups in total. The Hall–Kier alpha value is -1.72. The molecule has 0 fully saturated rings. The highest BCUT2D eigenvalue weighted by Gasteiger charge is 2.14. The van der Waals surface area contributed by atoms with E-state index in [1.807, 2.05) is 18.2 Å². The van der Waals surface area contributed by atoms with Crippen LogP contribution in [-0.4, -0.2) is 10.5 Å². The van der Waals surface area contributed by atoms with Crippen LogP contribution >= 0.6 is 15.9 Å². The number of halogens is 1. The molecule has 5 heteroatoms. The standard InChI is InChI=1S/C12H9BrN2O2/c13-8-6-10(11(14)16)12(17)15(7-8)9-4-2-1-3-5-9/h1-7H,(H2,14,16)/p+1. The summed E-state index contributed by atoms with van der Waals surface area (Å²) in [5.74, 6) is -0.485. The quantitative estimate of drug-likeness (QED) is 0.897. The Morgan fingerprint density at radius 3 is 2.47 bits per heavy atom. The number of carbonyl (C=O) groups excluding carboxylic acids is 1. The monoisotopic (exact) mass is 293 g/mol.